The Kier molecular flexibility index (Phi) is 11.1. The highest BCUT2D eigenvalue weighted by atomic mass is 19.1. The normalized spacial score (nSPS) is 26.3. The largest absolute Gasteiger partial charge is 0.453 e. The number of piperidine rings is 2. The van der Waals surface area contributed by atoms with E-state index in [1.807, 2.05) is 25.1 Å². The van der Waals surface area contributed by atoms with Crippen molar-refractivity contribution in [1.29, 1.82) is 5.26 Å². The summed E-state index contributed by atoms with van der Waals surface area (Å²) in [5.74, 6) is 0.751. The first-order chi connectivity index (χ1) is 25.0. The van der Waals surface area contributed by atoms with Gasteiger partial charge in [0.05, 0.1) is 24.3 Å². The SMILES string of the molecule is COC(=O)N[C@H]1CCC[C@@H]1C(CN1CCC(C)(O)CC1)(c1cccc(F)c1)C1CCN(CC2CN(c3ccc(C#N)c(CN4CC(F)C4)c3)C2)CC1. The molecule has 2 N–H and O–H groups in total. The second kappa shape index (κ2) is 15.6. The molecule has 0 spiro atoms. The molecule has 1 saturated carbocycles. The van der Waals surface area contributed by atoms with E-state index in [2.05, 4.69) is 43.1 Å². The van der Waals surface area contributed by atoms with E-state index in [1.54, 1.807) is 6.07 Å². The van der Waals surface area contributed by atoms with Crippen molar-refractivity contribution in [1.82, 2.24) is 20.0 Å². The summed E-state index contributed by atoms with van der Waals surface area (Å²) in [7, 11) is 1.41. The van der Waals surface area contributed by atoms with Gasteiger partial charge in [-0.15, -0.1) is 0 Å². The zero-order chi connectivity index (χ0) is 36.5. The number of methoxy groups -OCH3 is 1. The van der Waals surface area contributed by atoms with Crippen molar-refractivity contribution in [2.75, 3.05) is 77.5 Å². The summed E-state index contributed by atoms with van der Waals surface area (Å²) >= 11 is 0. The van der Waals surface area contributed by atoms with Crippen molar-refractivity contribution < 1.29 is 23.4 Å². The van der Waals surface area contributed by atoms with Crippen LogP contribution in [0.3, 0.4) is 0 Å². The second-order valence-electron chi connectivity index (χ2n) is 16.7. The first-order valence-corrected chi connectivity index (χ1v) is 19.5. The van der Waals surface area contributed by atoms with Gasteiger partial charge in [-0.05, 0) is 112 Å². The molecule has 1 amide bonds. The van der Waals surface area contributed by atoms with Gasteiger partial charge in [0.1, 0.15) is 12.0 Å². The highest BCUT2D eigenvalue weighted by molar-refractivity contribution is 5.67. The fraction of sp³-hybridized carbons (Fsp3) is 0.659. The molecule has 0 radical (unpaired) electrons. The van der Waals surface area contributed by atoms with Gasteiger partial charge < -0.3 is 29.9 Å². The summed E-state index contributed by atoms with van der Waals surface area (Å²) in [4.78, 5) is 22.1. The summed E-state index contributed by atoms with van der Waals surface area (Å²) in [5, 5.41) is 23.6. The maximum atomic E-state index is 15.2. The van der Waals surface area contributed by atoms with Crippen LogP contribution in [0, 0.1) is 34.9 Å². The first kappa shape index (κ1) is 37.0. The summed E-state index contributed by atoms with van der Waals surface area (Å²) in [5.41, 5.74) is 2.76. The predicted octanol–water partition coefficient (Wildman–Crippen LogP) is 5.31. The van der Waals surface area contributed by atoms with Crippen LogP contribution in [0.25, 0.3) is 0 Å². The minimum atomic E-state index is -0.760. The lowest BCUT2D eigenvalue weighted by Crippen LogP contribution is -2.59. The smallest absolute Gasteiger partial charge is 0.407 e. The molecule has 9 nitrogen and oxygen atoms in total. The van der Waals surface area contributed by atoms with Gasteiger partial charge in [-0.25, -0.2) is 13.6 Å². The first-order valence-electron chi connectivity index (χ1n) is 19.5. The predicted molar refractivity (Wildman–Crippen MR) is 197 cm³/mol. The third-order valence-corrected chi connectivity index (χ3v) is 13.1. The van der Waals surface area contributed by atoms with Gasteiger partial charge in [0, 0.05) is 82.0 Å². The molecule has 4 saturated heterocycles. The number of nitriles is 1. The van der Waals surface area contributed by atoms with E-state index >= 15 is 4.39 Å². The van der Waals surface area contributed by atoms with Crippen LogP contribution < -0.4 is 10.2 Å². The molecule has 11 heteroatoms. The Morgan fingerprint density at radius 1 is 1.02 bits per heavy atom. The number of hydrogen-bond donors (Lipinski definition) is 2. The van der Waals surface area contributed by atoms with E-state index < -0.39 is 17.9 Å². The van der Waals surface area contributed by atoms with Gasteiger partial charge in [-0.1, -0.05) is 18.6 Å². The number of hydrogen-bond acceptors (Lipinski definition) is 8. The van der Waals surface area contributed by atoms with Crippen LogP contribution in [0.4, 0.5) is 19.3 Å². The van der Waals surface area contributed by atoms with Crippen molar-refractivity contribution in [3.05, 3.63) is 65.0 Å². The molecular formula is C41H56F2N6O3. The number of amides is 1. The summed E-state index contributed by atoms with van der Waals surface area (Å²) < 4.78 is 33.7. The van der Waals surface area contributed by atoms with Crippen LogP contribution in [0.1, 0.15) is 68.6 Å². The Morgan fingerprint density at radius 3 is 2.44 bits per heavy atom. The average Bonchev–Trinajstić information content (AvgIpc) is 3.57. The number of nitrogens with one attached hydrogen (secondary N) is 1. The third kappa shape index (κ3) is 7.96. The van der Waals surface area contributed by atoms with Gasteiger partial charge in [0.25, 0.3) is 0 Å². The Bertz CT molecular complexity index is 1590. The molecule has 2 aromatic rings. The maximum absolute atomic E-state index is 15.2. The standard InChI is InChI=1S/C41H56F2N6O3/c1-40(51)13-17-47(18-14-40)28-41(33-5-3-6-34(42)20-33,37-7-4-8-38(37)45-39(50)52-2)32-11-15-46(16-12-32)22-29-23-49(24-29)36-10-9-30(21-44)31(19-36)25-48-26-35(43)27-48/h3,5-6,9-10,19-20,29,32,35,37-38,51H,4,7-8,11-18,22-28H2,1-2H3,(H,45,50)/t37-,38-,41?/m0/s1. The van der Waals surface area contributed by atoms with Crippen LogP contribution in [-0.4, -0.2) is 116 Å². The summed E-state index contributed by atoms with van der Waals surface area (Å²) in [6.07, 6.45) is 5.07. The monoisotopic (exact) mass is 718 g/mol. The second-order valence-corrected chi connectivity index (χ2v) is 16.7. The van der Waals surface area contributed by atoms with Crippen LogP contribution in [0.15, 0.2) is 42.5 Å². The number of likely N-dealkylation sites (tertiary alicyclic amines) is 3. The quantitative estimate of drug-likeness (QED) is 0.323. The molecule has 2 aromatic carbocycles. The molecule has 5 aliphatic rings. The van der Waals surface area contributed by atoms with Crippen LogP contribution in [-0.2, 0) is 16.7 Å². The fourth-order valence-corrected chi connectivity index (χ4v) is 10.2. The number of carbonyl (C=O) groups excluding carboxylic acids is 1. The van der Waals surface area contributed by atoms with E-state index in [9.17, 15) is 19.6 Å². The van der Waals surface area contributed by atoms with E-state index in [4.69, 9.17) is 4.74 Å². The maximum Gasteiger partial charge on any atom is 0.407 e. The molecule has 3 atom stereocenters. The van der Waals surface area contributed by atoms with E-state index in [0.717, 1.165) is 101 Å². The number of nitrogens with zero attached hydrogens (tertiary/aromatic N) is 5. The van der Waals surface area contributed by atoms with E-state index in [1.165, 1.54) is 13.2 Å². The Labute approximate surface area is 307 Å². The highest BCUT2D eigenvalue weighted by Gasteiger charge is 2.53. The number of benzene rings is 2. The number of halogens is 2. The van der Waals surface area contributed by atoms with E-state index in [0.29, 0.717) is 49.9 Å². The zero-order valence-electron chi connectivity index (χ0n) is 30.9. The molecule has 0 bridgehead atoms. The van der Waals surface area contributed by atoms with Gasteiger partial charge in [0.15, 0.2) is 0 Å². The minimum absolute atomic E-state index is 0.0585. The lowest BCUT2D eigenvalue weighted by Gasteiger charge is -2.53. The molecule has 282 valence electrons. The van der Waals surface area contributed by atoms with Crippen LogP contribution in [0.5, 0.6) is 0 Å². The molecular weight excluding hydrogens is 662 g/mol. The van der Waals surface area contributed by atoms with Crippen LogP contribution in [0.2, 0.25) is 0 Å². The summed E-state index contributed by atoms with van der Waals surface area (Å²) in [6.45, 7) is 10.7. The van der Waals surface area contributed by atoms with E-state index in [-0.39, 0.29) is 23.2 Å². The van der Waals surface area contributed by atoms with Gasteiger partial charge in [0.2, 0.25) is 0 Å². The third-order valence-electron chi connectivity index (χ3n) is 13.1. The molecule has 5 fully saturated rings. The zero-order valence-corrected chi connectivity index (χ0v) is 30.9. The number of anilines is 1. The molecule has 0 aromatic heterocycles. The van der Waals surface area contributed by atoms with Crippen molar-refractivity contribution in [2.45, 2.75) is 81.6 Å². The Balaban J connectivity index is 1.05. The van der Waals surface area contributed by atoms with Crippen molar-refractivity contribution in [2.24, 2.45) is 17.8 Å². The number of ether oxygens (including phenoxy) is 1. The summed E-state index contributed by atoms with van der Waals surface area (Å²) in [6, 6.07) is 15.5. The van der Waals surface area contributed by atoms with Gasteiger partial charge in [-0.3, -0.25) is 4.90 Å². The minimum Gasteiger partial charge on any atom is -0.453 e. The van der Waals surface area contributed by atoms with Crippen molar-refractivity contribution >= 4 is 11.8 Å². The lowest BCUT2D eigenvalue weighted by atomic mass is 9.58. The van der Waals surface area contributed by atoms with Gasteiger partial charge in [-0.2, -0.15) is 5.26 Å². The molecule has 1 unspecified atom stereocenters. The number of carbonyl (C=O) groups is 1. The highest BCUT2D eigenvalue weighted by Crippen LogP contribution is 2.51. The lowest BCUT2D eigenvalue weighted by molar-refractivity contribution is -0.0259. The van der Waals surface area contributed by atoms with Crippen LogP contribution >= 0.6 is 0 Å². The molecule has 7 rings (SSSR count). The van der Waals surface area contributed by atoms with Crippen molar-refractivity contribution in [3.63, 3.8) is 0 Å². The number of alkyl carbamates (subject to hydrolysis) is 1. The Morgan fingerprint density at radius 2 is 1.77 bits per heavy atom. The number of aliphatic hydroxyl groups is 1. The molecule has 4 heterocycles. The fourth-order valence-electron chi connectivity index (χ4n) is 10.2. The average molecular weight is 719 g/mol. The topological polar surface area (TPSA) is 95.3 Å². The Hall–Kier alpha value is -3.30. The van der Waals surface area contributed by atoms with Gasteiger partial charge >= 0.3 is 6.09 Å². The molecule has 52 heavy (non-hydrogen) atoms. The number of rotatable bonds is 11. The van der Waals surface area contributed by atoms with Crippen molar-refractivity contribution in [3.8, 4) is 6.07 Å². The molecule has 1 aliphatic carbocycles. The molecule has 4 aliphatic heterocycles. The number of alkyl halides is 1.